The number of nitrogens with one attached hydrogen (secondary N) is 1. The normalized spacial score (nSPS) is 12.2. The summed E-state index contributed by atoms with van der Waals surface area (Å²) in [6, 6.07) is 0. The monoisotopic (exact) mass is 189 g/mol. The Labute approximate surface area is 79.6 Å². The molecule has 1 N–H and O–H groups in total. The van der Waals surface area contributed by atoms with Gasteiger partial charge in [-0.2, -0.15) is 0 Å². The maximum Gasteiger partial charge on any atom is 0.409 e. The van der Waals surface area contributed by atoms with Gasteiger partial charge in [0.25, 0.3) is 0 Å². The second-order valence-corrected chi connectivity index (χ2v) is 2.63. The van der Waals surface area contributed by atoms with E-state index in [0.29, 0.717) is 13.2 Å². The lowest BCUT2D eigenvalue weighted by molar-refractivity contribution is 0.0248. The fraction of sp³-hybridized carbons (Fsp3) is 0.889. The Kier molecular flexibility index (Phi) is 7.39. The van der Waals surface area contributed by atoms with Crippen LogP contribution in [0.4, 0.5) is 4.79 Å². The average molecular weight is 189 g/mol. The van der Waals surface area contributed by atoms with Gasteiger partial charge in [-0.25, -0.2) is 4.79 Å². The van der Waals surface area contributed by atoms with E-state index in [0.717, 1.165) is 12.8 Å². The molecule has 0 radical (unpaired) electrons. The first-order valence-corrected chi connectivity index (χ1v) is 4.79. The first-order chi connectivity index (χ1) is 6.24. The summed E-state index contributed by atoms with van der Waals surface area (Å²) in [6.45, 7) is 6.79. The number of carbonyl (C=O) groups excluding carboxylic acids is 1. The van der Waals surface area contributed by atoms with Crippen LogP contribution in [0.1, 0.15) is 33.6 Å². The highest BCUT2D eigenvalue weighted by atomic mass is 16.6. The fourth-order valence-corrected chi connectivity index (χ4v) is 0.826. The van der Waals surface area contributed by atoms with Crippen molar-refractivity contribution in [2.24, 2.45) is 0 Å². The van der Waals surface area contributed by atoms with E-state index in [1.807, 2.05) is 13.8 Å². The maximum absolute atomic E-state index is 11.0. The van der Waals surface area contributed by atoms with Crippen LogP contribution in [0.25, 0.3) is 0 Å². The highest BCUT2D eigenvalue weighted by molar-refractivity contribution is 5.67. The van der Waals surface area contributed by atoms with Gasteiger partial charge >= 0.3 is 6.09 Å². The van der Waals surface area contributed by atoms with E-state index in [1.165, 1.54) is 0 Å². The Bertz CT molecular complexity index is 139. The van der Waals surface area contributed by atoms with E-state index in [2.05, 4.69) is 5.32 Å². The first kappa shape index (κ1) is 12.2. The van der Waals surface area contributed by atoms with Gasteiger partial charge in [0, 0.05) is 6.61 Å². The zero-order chi connectivity index (χ0) is 10.1. The summed E-state index contributed by atoms with van der Waals surface area (Å²) in [5.41, 5.74) is 0. The van der Waals surface area contributed by atoms with Crippen LogP contribution in [0, 0.1) is 0 Å². The lowest BCUT2D eigenvalue weighted by atomic mass is 10.4. The van der Waals surface area contributed by atoms with E-state index in [-0.39, 0.29) is 6.23 Å². The number of rotatable bonds is 6. The molecule has 0 aromatic heterocycles. The minimum atomic E-state index is -0.412. The molecule has 0 aliphatic carbocycles. The summed E-state index contributed by atoms with van der Waals surface area (Å²) in [6.07, 6.45) is 1.06. The number of hydrogen-bond donors (Lipinski definition) is 1. The predicted octanol–water partition coefficient (Wildman–Crippen LogP) is 1.90. The summed E-state index contributed by atoms with van der Waals surface area (Å²) in [5, 5.41) is 2.62. The van der Waals surface area contributed by atoms with Gasteiger partial charge in [-0.1, -0.05) is 13.8 Å². The van der Waals surface area contributed by atoms with Crippen molar-refractivity contribution in [1.29, 1.82) is 0 Å². The van der Waals surface area contributed by atoms with Crippen molar-refractivity contribution < 1.29 is 14.3 Å². The number of ether oxygens (including phenoxy) is 2. The third-order valence-corrected chi connectivity index (χ3v) is 1.45. The molecule has 4 heteroatoms. The standard InChI is InChI=1S/C9H19NO3/c1-4-7-13-8(5-2)10-9(11)12-6-3/h8H,4-7H2,1-3H3,(H,10,11). The van der Waals surface area contributed by atoms with E-state index in [1.54, 1.807) is 6.92 Å². The molecule has 1 unspecified atom stereocenters. The number of amides is 1. The Morgan fingerprint density at radius 2 is 2.08 bits per heavy atom. The summed E-state index contributed by atoms with van der Waals surface area (Å²) in [7, 11) is 0. The van der Waals surface area contributed by atoms with Gasteiger partial charge in [0.15, 0.2) is 0 Å². The van der Waals surface area contributed by atoms with E-state index >= 15 is 0 Å². The molecule has 0 saturated carbocycles. The smallest absolute Gasteiger partial charge is 0.409 e. The van der Waals surface area contributed by atoms with Gasteiger partial charge in [-0.3, -0.25) is 5.32 Å². The first-order valence-electron chi connectivity index (χ1n) is 4.79. The number of carbonyl (C=O) groups is 1. The molecule has 78 valence electrons. The van der Waals surface area contributed by atoms with Crippen LogP contribution in [0.3, 0.4) is 0 Å². The lowest BCUT2D eigenvalue weighted by Gasteiger charge is -2.16. The van der Waals surface area contributed by atoms with Crippen molar-refractivity contribution in [3.63, 3.8) is 0 Å². The molecule has 0 aliphatic rings. The zero-order valence-corrected chi connectivity index (χ0v) is 8.63. The Balaban J connectivity index is 3.62. The van der Waals surface area contributed by atoms with Crippen molar-refractivity contribution >= 4 is 6.09 Å². The van der Waals surface area contributed by atoms with Gasteiger partial charge in [-0.15, -0.1) is 0 Å². The summed E-state index contributed by atoms with van der Waals surface area (Å²) in [4.78, 5) is 11.0. The van der Waals surface area contributed by atoms with Crippen LogP contribution in [0.2, 0.25) is 0 Å². The zero-order valence-electron chi connectivity index (χ0n) is 8.63. The number of alkyl carbamates (subject to hydrolysis) is 1. The SMILES string of the molecule is CCCOC(CC)NC(=O)OCC. The topological polar surface area (TPSA) is 47.6 Å². The maximum atomic E-state index is 11.0. The van der Waals surface area contributed by atoms with E-state index in [9.17, 15) is 4.79 Å². The molecule has 1 amide bonds. The Morgan fingerprint density at radius 1 is 1.38 bits per heavy atom. The molecule has 0 aromatic carbocycles. The third kappa shape index (κ3) is 6.40. The molecule has 0 saturated heterocycles. The van der Waals surface area contributed by atoms with Crippen molar-refractivity contribution in [1.82, 2.24) is 5.32 Å². The van der Waals surface area contributed by atoms with Gasteiger partial charge in [0.05, 0.1) is 6.61 Å². The molecule has 0 bridgehead atoms. The molecular formula is C9H19NO3. The highest BCUT2D eigenvalue weighted by Gasteiger charge is 2.09. The minimum Gasteiger partial charge on any atom is -0.450 e. The summed E-state index contributed by atoms with van der Waals surface area (Å²) in [5.74, 6) is 0. The molecule has 0 spiro atoms. The van der Waals surface area contributed by atoms with Gasteiger partial charge in [0.2, 0.25) is 0 Å². The average Bonchev–Trinajstić information content (AvgIpc) is 2.12. The molecule has 13 heavy (non-hydrogen) atoms. The van der Waals surface area contributed by atoms with Crippen molar-refractivity contribution in [2.75, 3.05) is 13.2 Å². The van der Waals surface area contributed by atoms with Crippen molar-refractivity contribution in [2.45, 2.75) is 39.8 Å². The van der Waals surface area contributed by atoms with Crippen LogP contribution in [-0.2, 0) is 9.47 Å². The van der Waals surface area contributed by atoms with Crippen LogP contribution >= 0.6 is 0 Å². The van der Waals surface area contributed by atoms with Gasteiger partial charge in [0.1, 0.15) is 6.23 Å². The highest BCUT2D eigenvalue weighted by Crippen LogP contribution is 1.95. The molecule has 0 rings (SSSR count). The van der Waals surface area contributed by atoms with Crippen LogP contribution < -0.4 is 5.32 Å². The fourth-order valence-electron chi connectivity index (χ4n) is 0.826. The van der Waals surface area contributed by atoms with E-state index < -0.39 is 6.09 Å². The predicted molar refractivity (Wildman–Crippen MR) is 50.5 cm³/mol. The number of hydrogen-bond acceptors (Lipinski definition) is 3. The molecule has 4 nitrogen and oxygen atoms in total. The quantitative estimate of drug-likeness (QED) is 0.649. The second kappa shape index (κ2) is 7.86. The molecule has 0 aromatic rings. The lowest BCUT2D eigenvalue weighted by Crippen LogP contribution is -2.37. The van der Waals surface area contributed by atoms with Gasteiger partial charge < -0.3 is 9.47 Å². The van der Waals surface area contributed by atoms with Crippen molar-refractivity contribution in [3.05, 3.63) is 0 Å². The summed E-state index contributed by atoms with van der Waals surface area (Å²) < 4.78 is 10.1. The van der Waals surface area contributed by atoms with Crippen LogP contribution in [-0.4, -0.2) is 25.5 Å². The van der Waals surface area contributed by atoms with Crippen LogP contribution in [0.15, 0.2) is 0 Å². The molecule has 1 atom stereocenters. The van der Waals surface area contributed by atoms with Crippen molar-refractivity contribution in [3.8, 4) is 0 Å². The molecule has 0 aliphatic heterocycles. The molecule has 0 fully saturated rings. The van der Waals surface area contributed by atoms with Gasteiger partial charge in [-0.05, 0) is 19.8 Å². The van der Waals surface area contributed by atoms with Crippen LogP contribution in [0.5, 0.6) is 0 Å². The molecular weight excluding hydrogens is 170 g/mol. The second-order valence-electron chi connectivity index (χ2n) is 2.63. The Morgan fingerprint density at radius 3 is 2.54 bits per heavy atom. The molecule has 0 heterocycles. The largest absolute Gasteiger partial charge is 0.450 e. The Hall–Kier alpha value is -0.770. The summed E-state index contributed by atoms with van der Waals surface area (Å²) >= 11 is 0. The third-order valence-electron chi connectivity index (χ3n) is 1.45. The van der Waals surface area contributed by atoms with E-state index in [4.69, 9.17) is 9.47 Å². The minimum absolute atomic E-state index is 0.223.